The number of aldehydes is 1. The Kier molecular flexibility index (Phi) is 7.65. The van der Waals surface area contributed by atoms with Gasteiger partial charge in [0.2, 0.25) is 0 Å². The van der Waals surface area contributed by atoms with E-state index in [-0.39, 0.29) is 0 Å². The zero-order valence-corrected chi connectivity index (χ0v) is 20.0. The molecule has 0 radical (unpaired) electrons. The van der Waals surface area contributed by atoms with Crippen molar-refractivity contribution in [2.45, 2.75) is 20.3 Å². The van der Waals surface area contributed by atoms with Crippen molar-refractivity contribution in [3.8, 4) is 22.8 Å². The summed E-state index contributed by atoms with van der Waals surface area (Å²) >= 11 is 0. The van der Waals surface area contributed by atoms with Crippen molar-refractivity contribution in [1.82, 2.24) is 4.90 Å². The third kappa shape index (κ3) is 5.32. The molecule has 1 aromatic heterocycles. The fourth-order valence-electron chi connectivity index (χ4n) is 4.13. The predicted molar refractivity (Wildman–Crippen MR) is 136 cm³/mol. The molecule has 0 aliphatic heterocycles. The number of ether oxygens (including phenoxy) is 2. The van der Waals surface area contributed by atoms with Gasteiger partial charge in [-0.1, -0.05) is 38.1 Å². The van der Waals surface area contributed by atoms with Crippen molar-refractivity contribution >= 4 is 17.3 Å². The molecule has 0 spiro atoms. The number of rotatable bonds is 11. The molecule has 34 heavy (non-hydrogen) atoms. The number of fused-ring (bicyclic) bond motifs is 1. The lowest BCUT2D eigenvalue weighted by Crippen LogP contribution is -2.27. The molecule has 3 aromatic carbocycles. The Morgan fingerprint density at radius 1 is 0.912 bits per heavy atom. The monoisotopic (exact) mass is 457 g/mol. The van der Waals surface area contributed by atoms with Gasteiger partial charge in [0.15, 0.2) is 0 Å². The fourth-order valence-corrected chi connectivity index (χ4v) is 4.13. The van der Waals surface area contributed by atoms with Gasteiger partial charge in [0.25, 0.3) is 0 Å². The third-order valence-electron chi connectivity index (χ3n) is 6.18. The van der Waals surface area contributed by atoms with E-state index in [2.05, 4.69) is 30.9 Å². The maximum atomic E-state index is 11.3. The zero-order chi connectivity index (χ0) is 23.9. The number of hydrogen-bond donors (Lipinski definition) is 0. The van der Waals surface area contributed by atoms with Gasteiger partial charge in [-0.25, -0.2) is 0 Å². The van der Waals surface area contributed by atoms with Crippen LogP contribution in [0.1, 0.15) is 35.3 Å². The Bertz CT molecular complexity index is 1220. The summed E-state index contributed by atoms with van der Waals surface area (Å²) in [5.74, 6) is 2.47. The molecular formula is C29H31NO4. The molecule has 0 aliphatic carbocycles. The molecule has 0 fully saturated rings. The SMILES string of the molecule is CCN(CC)CCOc1ccc(Cc2c(-c3ccc(OC)cc3)oc3cc(C=O)ccc23)cc1. The van der Waals surface area contributed by atoms with Gasteiger partial charge in [-0.15, -0.1) is 0 Å². The van der Waals surface area contributed by atoms with Crippen molar-refractivity contribution in [3.05, 3.63) is 83.4 Å². The van der Waals surface area contributed by atoms with Crippen LogP contribution in [0.2, 0.25) is 0 Å². The van der Waals surface area contributed by atoms with Gasteiger partial charge in [-0.05, 0) is 61.1 Å². The van der Waals surface area contributed by atoms with E-state index in [1.165, 1.54) is 0 Å². The molecule has 0 unspecified atom stereocenters. The minimum absolute atomic E-state index is 0.597. The summed E-state index contributed by atoms with van der Waals surface area (Å²) in [5.41, 5.74) is 4.53. The number of carbonyl (C=O) groups excluding carboxylic acids is 1. The number of carbonyl (C=O) groups is 1. The highest BCUT2D eigenvalue weighted by Gasteiger charge is 2.17. The molecule has 176 valence electrons. The van der Waals surface area contributed by atoms with Crippen LogP contribution < -0.4 is 9.47 Å². The minimum Gasteiger partial charge on any atom is -0.497 e. The second kappa shape index (κ2) is 11.0. The molecule has 5 heteroatoms. The van der Waals surface area contributed by atoms with E-state index < -0.39 is 0 Å². The van der Waals surface area contributed by atoms with Gasteiger partial charge >= 0.3 is 0 Å². The summed E-state index contributed by atoms with van der Waals surface area (Å²) in [5, 5.41) is 1.01. The first-order valence-corrected chi connectivity index (χ1v) is 11.7. The molecule has 4 rings (SSSR count). The molecule has 0 atom stereocenters. The molecule has 0 amide bonds. The standard InChI is InChI=1S/C29H31NO4/c1-4-30(5-2)16-17-33-25-11-6-21(7-12-25)18-27-26-15-8-22(20-31)19-28(26)34-29(27)23-9-13-24(32-3)14-10-23/h6-15,19-20H,4-5,16-18H2,1-3H3. The van der Waals surface area contributed by atoms with E-state index in [0.717, 1.165) is 65.3 Å². The Hall–Kier alpha value is -3.57. The highest BCUT2D eigenvalue weighted by molar-refractivity contribution is 5.92. The highest BCUT2D eigenvalue weighted by atomic mass is 16.5. The lowest BCUT2D eigenvalue weighted by molar-refractivity contribution is 0.112. The van der Waals surface area contributed by atoms with E-state index in [1.54, 1.807) is 13.2 Å². The van der Waals surface area contributed by atoms with Gasteiger partial charge in [-0.2, -0.15) is 0 Å². The minimum atomic E-state index is 0.597. The topological polar surface area (TPSA) is 51.9 Å². The number of methoxy groups -OCH3 is 1. The fraction of sp³-hybridized carbons (Fsp3) is 0.276. The van der Waals surface area contributed by atoms with Crippen LogP contribution in [-0.2, 0) is 6.42 Å². The summed E-state index contributed by atoms with van der Waals surface area (Å²) < 4.78 is 17.5. The largest absolute Gasteiger partial charge is 0.497 e. The van der Waals surface area contributed by atoms with Crippen LogP contribution >= 0.6 is 0 Å². The average molecular weight is 458 g/mol. The van der Waals surface area contributed by atoms with Crippen LogP contribution in [0.5, 0.6) is 11.5 Å². The summed E-state index contributed by atoms with van der Waals surface area (Å²) in [6.07, 6.45) is 1.54. The van der Waals surface area contributed by atoms with E-state index in [4.69, 9.17) is 13.9 Å². The van der Waals surface area contributed by atoms with Crippen molar-refractivity contribution in [2.75, 3.05) is 33.4 Å². The van der Waals surface area contributed by atoms with E-state index >= 15 is 0 Å². The normalized spacial score (nSPS) is 11.2. The van der Waals surface area contributed by atoms with Gasteiger partial charge in [-0.3, -0.25) is 4.79 Å². The second-order valence-corrected chi connectivity index (χ2v) is 8.21. The van der Waals surface area contributed by atoms with Gasteiger partial charge < -0.3 is 18.8 Å². The number of likely N-dealkylation sites (N-methyl/N-ethyl adjacent to an activating group) is 1. The smallest absolute Gasteiger partial charge is 0.150 e. The maximum Gasteiger partial charge on any atom is 0.150 e. The molecular weight excluding hydrogens is 426 g/mol. The summed E-state index contributed by atoms with van der Waals surface area (Å²) in [7, 11) is 1.65. The number of hydrogen-bond acceptors (Lipinski definition) is 5. The van der Waals surface area contributed by atoms with Gasteiger partial charge in [0, 0.05) is 35.0 Å². The predicted octanol–water partition coefficient (Wildman–Crippen LogP) is 6.23. The molecule has 0 N–H and O–H groups in total. The molecule has 1 heterocycles. The number of furan rings is 1. The Balaban J connectivity index is 1.59. The highest BCUT2D eigenvalue weighted by Crippen LogP contribution is 2.36. The van der Waals surface area contributed by atoms with Crippen molar-refractivity contribution < 1.29 is 18.7 Å². The number of nitrogens with zero attached hydrogens (tertiary/aromatic N) is 1. The van der Waals surface area contributed by atoms with E-state index in [9.17, 15) is 4.79 Å². The molecule has 0 saturated carbocycles. The van der Waals surface area contributed by atoms with Crippen molar-refractivity contribution in [3.63, 3.8) is 0 Å². The van der Waals surface area contributed by atoms with Crippen LogP contribution in [0.4, 0.5) is 0 Å². The van der Waals surface area contributed by atoms with Crippen LogP contribution in [0, 0.1) is 0 Å². The lowest BCUT2D eigenvalue weighted by Gasteiger charge is -2.18. The van der Waals surface area contributed by atoms with Crippen LogP contribution in [0.15, 0.2) is 71.1 Å². The summed E-state index contributed by atoms with van der Waals surface area (Å²) in [6.45, 7) is 7.98. The first kappa shape index (κ1) is 23.6. The second-order valence-electron chi connectivity index (χ2n) is 8.21. The molecule has 0 bridgehead atoms. The number of benzene rings is 3. The lowest BCUT2D eigenvalue weighted by atomic mass is 9.98. The van der Waals surface area contributed by atoms with Crippen LogP contribution in [0.25, 0.3) is 22.3 Å². The van der Waals surface area contributed by atoms with Crippen molar-refractivity contribution in [1.29, 1.82) is 0 Å². The third-order valence-corrected chi connectivity index (χ3v) is 6.18. The average Bonchev–Trinajstić information content (AvgIpc) is 3.25. The zero-order valence-electron chi connectivity index (χ0n) is 20.0. The molecule has 5 nitrogen and oxygen atoms in total. The Morgan fingerprint density at radius 2 is 1.62 bits per heavy atom. The molecule has 4 aromatic rings. The van der Waals surface area contributed by atoms with Crippen LogP contribution in [0.3, 0.4) is 0 Å². The molecule has 0 aliphatic rings. The quantitative estimate of drug-likeness (QED) is 0.250. The first-order chi connectivity index (χ1) is 16.6. The summed E-state index contributed by atoms with van der Waals surface area (Å²) in [4.78, 5) is 13.6. The Morgan fingerprint density at radius 3 is 2.26 bits per heavy atom. The Labute approximate surface area is 200 Å². The maximum absolute atomic E-state index is 11.3. The van der Waals surface area contributed by atoms with E-state index in [1.807, 2.05) is 48.5 Å². The molecule has 0 saturated heterocycles. The first-order valence-electron chi connectivity index (χ1n) is 11.7. The van der Waals surface area contributed by atoms with E-state index in [0.29, 0.717) is 24.2 Å². The van der Waals surface area contributed by atoms with Gasteiger partial charge in [0.1, 0.15) is 35.7 Å². The van der Waals surface area contributed by atoms with Gasteiger partial charge in [0.05, 0.1) is 7.11 Å². The van der Waals surface area contributed by atoms with Crippen LogP contribution in [-0.4, -0.2) is 44.5 Å². The van der Waals surface area contributed by atoms with Crippen molar-refractivity contribution in [2.24, 2.45) is 0 Å². The summed E-state index contributed by atoms with van der Waals surface area (Å²) in [6, 6.07) is 21.7.